The maximum atomic E-state index is 11.5. The standard InChI is InChI=1S/C14H26N2O4/c1-12(18-3)10-16(11-13(2)19-4)8-6-14(17)20-9-5-7-15/h12-13H,5-6,8-11H2,1-4H3. The van der Waals surface area contributed by atoms with Gasteiger partial charge in [0.25, 0.3) is 0 Å². The Morgan fingerprint density at radius 2 is 1.75 bits per heavy atom. The highest BCUT2D eigenvalue weighted by Crippen LogP contribution is 2.02. The van der Waals surface area contributed by atoms with E-state index in [1.807, 2.05) is 19.9 Å². The second-order valence-electron chi connectivity index (χ2n) is 4.73. The molecule has 2 unspecified atom stereocenters. The zero-order chi connectivity index (χ0) is 15.4. The summed E-state index contributed by atoms with van der Waals surface area (Å²) in [7, 11) is 3.33. The molecule has 0 saturated carbocycles. The summed E-state index contributed by atoms with van der Waals surface area (Å²) in [6.45, 7) is 6.18. The van der Waals surface area contributed by atoms with E-state index in [0.29, 0.717) is 13.0 Å². The van der Waals surface area contributed by atoms with Gasteiger partial charge in [-0.05, 0) is 13.8 Å². The summed E-state index contributed by atoms with van der Waals surface area (Å²) in [6.07, 6.45) is 0.720. The average molecular weight is 286 g/mol. The monoisotopic (exact) mass is 286 g/mol. The second-order valence-corrected chi connectivity index (χ2v) is 4.73. The Morgan fingerprint density at radius 1 is 1.20 bits per heavy atom. The third-order valence-electron chi connectivity index (χ3n) is 2.94. The van der Waals surface area contributed by atoms with Gasteiger partial charge in [0.1, 0.15) is 6.61 Å². The summed E-state index contributed by atoms with van der Waals surface area (Å²) in [5, 5.41) is 8.37. The molecular formula is C14H26N2O4. The summed E-state index contributed by atoms with van der Waals surface area (Å²) < 4.78 is 15.4. The van der Waals surface area contributed by atoms with Crippen LogP contribution in [0.15, 0.2) is 0 Å². The van der Waals surface area contributed by atoms with Crippen LogP contribution in [0.2, 0.25) is 0 Å². The Kier molecular flexibility index (Phi) is 11.0. The topological polar surface area (TPSA) is 71.8 Å². The minimum absolute atomic E-state index is 0.0914. The fourth-order valence-electron chi connectivity index (χ4n) is 1.67. The van der Waals surface area contributed by atoms with Gasteiger partial charge in [-0.3, -0.25) is 9.69 Å². The van der Waals surface area contributed by atoms with Crippen molar-refractivity contribution in [3.05, 3.63) is 0 Å². The van der Waals surface area contributed by atoms with E-state index in [1.54, 1.807) is 14.2 Å². The number of esters is 1. The Hall–Kier alpha value is -1.16. The number of carbonyl (C=O) groups excluding carboxylic acids is 1. The van der Waals surface area contributed by atoms with Crippen LogP contribution in [0.5, 0.6) is 0 Å². The lowest BCUT2D eigenvalue weighted by molar-refractivity contribution is -0.144. The maximum absolute atomic E-state index is 11.5. The first kappa shape index (κ1) is 18.8. The zero-order valence-corrected chi connectivity index (χ0v) is 12.9. The summed E-state index contributed by atoms with van der Waals surface area (Å²) >= 11 is 0. The molecule has 2 atom stereocenters. The summed E-state index contributed by atoms with van der Waals surface area (Å²) in [5.74, 6) is -0.277. The van der Waals surface area contributed by atoms with E-state index in [9.17, 15) is 4.79 Å². The Bertz CT molecular complexity index is 292. The van der Waals surface area contributed by atoms with Crippen molar-refractivity contribution in [1.29, 1.82) is 5.26 Å². The molecule has 0 aliphatic carbocycles. The number of hydrogen-bond acceptors (Lipinski definition) is 6. The van der Waals surface area contributed by atoms with Gasteiger partial charge in [0.05, 0.1) is 31.1 Å². The highest BCUT2D eigenvalue weighted by Gasteiger charge is 2.15. The number of ether oxygens (including phenoxy) is 3. The highest BCUT2D eigenvalue weighted by molar-refractivity contribution is 5.69. The third kappa shape index (κ3) is 9.73. The van der Waals surface area contributed by atoms with Gasteiger partial charge in [-0.2, -0.15) is 5.26 Å². The van der Waals surface area contributed by atoms with Crippen LogP contribution in [-0.4, -0.2) is 63.5 Å². The smallest absolute Gasteiger partial charge is 0.307 e. The van der Waals surface area contributed by atoms with Crippen LogP contribution in [0.1, 0.15) is 26.7 Å². The van der Waals surface area contributed by atoms with Crippen LogP contribution < -0.4 is 0 Å². The molecule has 0 heterocycles. The lowest BCUT2D eigenvalue weighted by Gasteiger charge is -2.27. The molecule has 0 fully saturated rings. The van der Waals surface area contributed by atoms with Gasteiger partial charge in [-0.1, -0.05) is 0 Å². The molecule has 0 spiro atoms. The normalized spacial score (nSPS) is 13.8. The zero-order valence-electron chi connectivity index (χ0n) is 12.9. The highest BCUT2D eigenvalue weighted by atomic mass is 16.5. The number of hydrogen-bond donors (Lipinski definition) is 0. The molecule has 6 nitrogen and oxygen atoms in total. The van der Waals surface area contributed by atoms with E-state index in [2.05, 4.69) is 4.90 Å². The van der Waals surface area contributed by atoms with Crippen molar-refractivity contribution in [2.24, 2.45) is 0 Å². The van der Waals surface area contributed by atoms with Crippen molar-refractivity contribution < 1.29 is 19.0 Å². The lowest BCUT2D eigenvalue weighted by Crippen LogP contribution is -2.38. The number of methoxy groups -OCH3 is 2. The molecule has 0 aromatic heterocycles. The van der Waals surface area contributed by atoms with Crippen molar-refractivity contribution in [1.82, 2.24) is 4.90 Å². The Labute approximate surface area is 121 Å². The molecule has 0 saturated heterocycles. The van der Waals surface area contributed by atoms with Crippen LogP contribution in [0, 0.1) is 11.3 Å². The molecule has 0 bridgehead atoms. The minimum atomic E-state index is -0.277. The number of carbonyl (C=O) groups is 1. The summed E-state index contributed by atoms with van der Waals surface area (Å²) in [5.41, 5.74) is 0. The minimum Gasteiger partial charge on any atom is -0.465 e. The van der Waals surface area contributed by atoms with Crippen molar-refractivity contribution in [2.45, 2.75) is 38.9 Å². The van der Waals surface area contributed by atoms with E-state index in [-0.39, 0.29) is 31.2 Å². The van der Waals surface area contributed by atoms with Gasteiger partial charge in [-0.25, -0.2) is 0 Å². The van der Waals surface area contributed by atoms with Crippen LogP contribution in [-0.2, 0) is 19.0 Å². The van der Waals surface area contributed by atoms with Gasteiger partial charge < -0.3 is 14.2 Å². The molecule has 0 aromatic carbocycles. The summed E-state index contributed by atoms with van der Waals surface area (Å²) in [4.78, 5) is 13.6. The van der Waals surface area contributed by atoms with Gasteiger partial charge in [0.2, 0.25) is 0 Å². The molecule has 6 heteroatoms. The predicted molar refractivity (Wildman–Crippen MR) is 75.2 cm³/mol. The second kappa shape index (κ2) is 11.6. The van der Waals surface area contributed by atoms with Crippen LogP contribution in [0.3, 0.4) is 0 Å². The molecular weight excluding hydrogens is 260 g/mol. The first-order valence-corrected chi connectivity index (χ1v) is 6.84. The molecule has 0 amide bonds. The van der Waals surface area contributed by atoms with Gasteiger partial charge in [0, 0.05) is 33.9 Å². The fourth-order valence-corrected chi connectivity index (χ4v) is 1.67. The fraction of sp³-hybridized carbons (Fsp3) is 0.857. The van der Waals surface area contributed by atoms with Gasteiger partial charge in [0.15, 0.2) is 0 Å². The first-order valence-electron chi connectivity index (χ1n) is 6.84. The van der Waals surface area contributed by atoms with E-state index >= 15 is 0 Å². The summed E-state index contributed by atoms with van der Waals surface area (Å²) in [6, 6.07) is 1.93. The molecule has 0 N–H and O–H groups in total. The molecule has 0 radical (unpaired) electrons. The molecule has 20 heavy (non-hydrogen) atoms. The van der Waals surface area contributed by atoms with E-state index in [4.69, 9.17) is 19.5 Å². The van der Waals surface area contributed by atoms with Crippen molar-refractivity contribution in [3.8, 4) is 6.07 Å². The number of nitrogens with zero attached hydrogens (tertiary/aromatic N) is 2. The van der Waals surface area contributed by atoms with E-state index in [0.717, 1.165) is 13.1 Å². The quantitative estimate of drug-likeness (QED) is 0.420. The molecule has 0 aliphatic heterocycles. The SMILES string of the molecule is COC(C)CN(CCC(=O)OCCC#N)CC(C)OC. The maximum Gasteiger partial charge on any atom is 0.307 e. The number of rotatable bonds is 11. The van der Waals surface area contributed by atoms with Gasteiger partial charge >= 0.3 is 5.97 Å². The first-order chi connectivity index (χ1) is 9.53. The molecule has 116 valence electrons. The third-order valence-corrected chi connectivity index (χ3v) is 2.94. The van der Waals surface area contributed by atoms with Crippen molar-refractivity contribution in [2.75, 3.05) is 40.5 Å². The molecule has 0 aliphatic rings. The lowest BCUT2D eigenvalue weighted by atomic mass is 10.2. The largest absolute Gasteiger partial charge is 0.465 e. The van der Waals surface area contributed by atoms with Crippen LogP contribution in [0.4, 0.5) is 0 Å². The van der Waals surface area contributed by atoms with Gasteiger partial charge in [-0.15, -0.1) is 0 Å². The van der Waals surface area contributed by atoms with Crippen LogP contribution >= 0.6 is 0 Å². The number of nitriles is 1. The Balaban J connectivity index is 4.13. The molecule has 0 aromatic rings. The molecule has 0 rings (SSSR count). The van der Waals surface area contributed by atoms with Crippen molar-refractivity contribution in [3.63, 3.8) is 0 Å². The predicted octanol–water partition coefficient (Wildman–Crippen LogP) is 1.21. The average Bonchev–Trinajstić information content (AvgIpc) is 2.44. The Morgan fingerprint density at radius 3 is 2.20 bits per heavy atom. The van der Waals surface area contributed by atoms with E-state index in [1.165, 1.54) is 0 Å². The van der Waals surface area contributed by atoms with Crippen LogP contribution in [0.25, 0.3) is 0 Å². The van der Waals surface area contributed by atoms with E-state index < -0.39 is 0 Å². The van der Waals surface area contributed by atoms with Crippen molar-refractivity contribution >= 4 is 5.97 Å².